The predicted octanol–water partition coefficient (Wildman–Crippen LogP) is 2.25. The summed E-state index contributed by atoms with van der Waals surface area (Å²) in [4.78, 5) is 16.5. The highest BCUT2D eigenvalue weighted by Crippen LogP contribution is 2.13. The van der Waals surface area contributed by atoms with Crippen LogP contribution in [0.25, 0.3) is 0 Å². The van der Waals surface area contributed by atoms with Crippen molar-refractivity contribution in [1.29, 1.82) is 0 Å². The van der Waals surface area contributed by atoms with Gasteiger partial charge in [0, 0.05) is 30.0 Å². The maximum Gasteiger partial charge on any atom is 0.253 e. The van der Waals surface area contributed by atoms with Crippen molar-refractivity contribution < 1.29 is 4.79 Å². The number of benzene rings is 1. The maximum absolute atomic E-state index is 12.1. The molecule has 20 heavy (non-hydrogen) atoms. The summed E-state index contributed by atoms with van der Waals surface area (Å²) in [7, 11) is 0. The first kappa shape index (κ1) is 14.1. The van der Waals surface area contributed by atoms with Crippen molar-refractivity contribution in [2.24, 2.45) is 0 Å². The lowest BCUT2D eigenvalue weighted by atomic mass is 10.1. The number of nitrogens with zero attached hydrogens (tertiary/aromatic N) is 1. The fourth-order valence-corrected chi connectivity index (χ4v) is 2.00. The van der Waals surface area contributed by atoms with Crippen molar-refractivity contribution in [3.8, 4) is 0 Å². The monoisotopic (exact) mass is 269 g/mol. The second kappa shape index (κ2) is 6.19. The molecule has 3 N–H and O–H groups in total. The highest BCUT2D eigenvalue weighted by atomic mass is 16.1. The zero-order valence-electron chi connectivity index (χ0n) is 11.8. The molecule has 0 bridgehead atoms. The Balaban J connectivity index is 1.94. The van der Waals surface area contributed by atoms with E-state index in [1.54, 1.807) is 12.1 Å². The van der Waals surface area contributed by atoms with Gasteiger partial charge in [0.1, 0.15) is 0 Å². The Morgan fingerprint density at radius 3 is 2.80 bits per heavy atom. The van der Waals surface area contributed by atoms with E-state index in [0.29, 0.717) is 24.2 Å². The lowest BCUT2D eigenvalue weighted by molar-refractivity contribution is 0.0955. The second-order valence-corrected chi connectivity index (χ2v) is 4.87. The molecule has 0 saturated heterocycles. The average molecular weight is 269 g/mol. The number of pyridine rings is 1. The van der Waals surface area contributed by atoms with Gasteiger partial charge in [-0.3, -0.25) is 9.78 Å². The van der Waals surface area contributed by atoms with Crippen LogP contribution in [0.2, 0.25) is 0 Å². The molecule has 1 aromatic heterocycles. The standard InChI is InChI=1S/C16H19N3O/c1-11-6-7-15(17)14(10-11)16(20)18-9-8-13-5-3-4-12(2)19-13/h3-7,10H,8-9,17H2,1-2H3,(H,18,20). The highest BCUT2D eigenvalue weighted by molar-refractivity contribution is 5.99. The van der Waals surface area contributed by atoms with Gasteiger partial charge in [0.2, 0.25) is 0 Å². The Labute approximate surface area is 119 Å². The highest BCUT2D eigenvalue weighted by Gasteiger charge is 2.09. The molecule has 0 unspecified atom stereocenters. The normalized spacial score (nSPS) is 10.3. The number of nitrogen functional groups attached to an aromatic ring is 1. The zero-order valence-corrected chi connectivity index (χ0v) is 11.8. The molecule has 1 heterocycles. The van der Waals surface area contributed by atoms with Gasteiger partial charge in [0.25, 0.3) is 5.91 Å². The van der Waals surface area contributed by atoms with Gasteiger partial charge in [0.05, 0.1) is 5.56 Å². The molecule has 2 aromatic rings. The average Bonchev–Trinajstić information content (AvgIpc) is 2.41. The smallest absolute Gasteiger partial charge is 0.253 e. The van der Waals surface area contributed by atoms with Crippen LogP contribution in [0.1, 0.15) is 27.3 Å². The molecule has 0 atom stereocenters. The fourth-order valence-electron chi connectivity index (χ4n) is 2.00. The van der Waals surface area contributed by atoms with Gasteiger partial charge in [-0.25, -0.2) is 0 Å². The molecule has 104 valence electrons. The first-order chi connectivity index (χ1) is 9.56. The van der Waals surface area contributed by atoms with E-state index in [-0.39, 0.29) is 5.91 Å². The minimum atomic E-state index is -0.140. The van der Waals surface area contributed by atoms with Crippen LogP contribution in [0.3, 0.4) is 0 Å². The number of carbonyl (C=O) groups excluding carboxylic acids is 1. The van der Waals surface area contributed by atoms with Crippen LogP contribution in [-0.2, 0) is 6.42 Å². The van der Waals surface area contributed by atoms with Gasteiger partial charge in [-0.05, 0) is 38.1 Å². The van der Waals surface area contributed by atoms with Crippen LogP contribution in [0, 0.1) is 13.8 Å². The fraction of sp³-hybridized carbons (Fsp3) is 0.250. The first-order valence-electron chi connectivity index (χ1n) is 6.63. The third kappa shape index (κ3) is 3.57. The van der Waals surface area contributed by atoms with Crippen molar-refractivity contribution >= 4 is 11.6 Å². The zero-order chi connectivity index (χ0) is 14.5. The second-order valence-electron chi connectivity index (χ2n) is 4.87. The van der Waals surface area contributed by atoms with Gasteiger partial charge in [-0.1, -0.05) is 17.7 Å². The van der Waals surface area contributed by atoms with E-state index in [1.165, 1.54) is 0 Å². The van der Waals surface area contributed by atoms with Crippen LogP contribution in [-0.4, -0.2) is 17.4 Å². The van der Waals surface area contributed by atoms with Crippen molar-refractivity contribution in [1.82, 2.24) is 10.3 Å². The van der Waals surface area contributed by atoms with Gasteiger partial charge in [-0.15, -0.1) is 0 Å². The van der Waals surface area contributed by atoms with E-state index in [1.807, 2.05) is 38.1 Å². The Morgan fingerprint density at radius 1 is 1.25 bits per heavy atom. The van der Waals surface area contributed by atoms with Crippen molar-refractivity contribution in [2.45, 2.75) is 20.3 Å². The molecule has 2 rings (SSSR count). The molecular weight excluding hydrogens is 250 g/mol. The number of nitrogens with two attached hydrogens (primary N) is 1. The van der Waals surface area contributed by atoms with E-state index < -0.39 is 0 Å². The third-order valence-corrected chi connectivity index (χ3v) is 3.07. The molecule has 1 aromatic carbocycles. The summed E-state index contributed by atoms with van der Waals surface area (Å²) in [5.41, 5.74) is 9.83. The number of carbonyl (C=O) groups is 1. The summed E-state index contributed by atoms with van der Waals surface area (Å²) >= 11 is 0. The lowest BCUT2D eigenvalue weighted by Crippen LogP contribution is -2.26. The third-order valence-electron chi connectivity index (χ3n) is 3.07. The molecule has 0 radical (unpaired) electrons. The van der Waals surface area contributed by atoms with Gasteiger partial charge >= 0.3 is 0 Å². The molecule has 1 amide bonds. The summed E-state index contributed by atoms with van der Waals surface area (Å²) in [6.45, 7) is 4.44. The summed E-state index contributed by atoms with van der Waals surface area (Å²) in [6, 6.07) is 11.3. The maximum atomic E-state index is 12.1. The molecular formula is C16H19N3O. The minimum Gasteiger partial charge on any atom is -0.398 e. The summed E-state index contributed by atoms with van der Waals surface area (Å²) in [5.74, 6) is -0.140. The van der Waals surface area contributed by atoms with Crippen LogP contribution < -0.4 is 11.1 Å². The van der Waals surface area contributed by atoms with E-state index in [0.717, 1.165) is 17.0 Å². The summed E-state index contributed by atoms with van der Waals surface area (Å²) in [5, 5.41) is 2.88. The van der Waals surface area contributed by atoms with Gasteiger partial charge in [-0.2, -0.15) is 0 Å². The number of hydrogen-bond acceptors (Lipinski definition) is 3. The van der Waals surface area contributed by atoms with E-state index >= 15 is 0 Å². The SMILES string of the molecule is Cc1ccc(N)c(C(=O)NCCc2cccc(C)n2)c1. The minimum absolute atomic E-state index is 0.140. The van der Waals surface area contributed by atoms with Crippen molar-refractivity contribution in [3.63, 3.8) is 0 Å². The van der Waals surface area contributed by atoms with Crippen LogP contribution in [0.4, 0.5) is 5.69 Å². The molecule has 0 aliphatic heterocycles. The molecule has 0 aliphatic carbocycles. The topological polar surface area (TPSA) is 68.0 Å². The number of nitrogens with one attached hydrogen (secondary N) is 1. The Hall–Kier alpha value is -2.36. The Bertz CT molecular complexity index is 623. The Kier molecular flexibility index (Phi) is 4.35. The predicted molar refractivity (Wildman–Crippen MR) is 80.6 cm³/mol. The van der Waals surface area contributed by atoms with Crippen LogP contribution in [0.5, 0.6) is 0 Å². The van der Waals surface area contributed by atoms with Gasteiger partial charge in [0.15, 0.2) is 0 Å². The first-order valence-corrected chi connectivity index (χ1v) is 6.63. The number of anilines is 1. The van der Waals surface area contributed by atoms with Crippen molar-refractivity contribution in [2.75, 3.05) is 12.3 Å². The van der Waals surface area contributed by atoms with Crippen molar-refractivity contribution in [3.05, 3.63) is 58.9 Å². The van der Waals surface area contributed by atoms with Gasteiger partial charge < -0.3 is 11.1 Å². The largest absolute Gasteiger partial charge is 0.398 e. The Morgan fingerprint density at radius 2 is 2.05 bits per heavy atom. The molecule has 0 fully saturated rings. The van der Waals surface area contributed by atoms with E-state index in [4.69, 9.17) is 5.73 Å². The lowest BCUT2D eigenvalue weighted by Gasteiger charge is -2.08. The molecule has 4 heteroatoms. The molecule has 0 spiro atoms. The molecule has 0 saturated carbocycles. The summed E-state index contributed by atoms with van der Waals surface area (Å²) < 4.78 is 0. The van der Waals surface area contributed by atoms with E-state index in [9.17, 15) is 4.79 Å². The number of aryl methyl sites for hydroxylation is 2. The summed E-state index contributed by atoms with van der Waals surface area (Å²) in [6.07, 6.45) is 0.707. The van der Waals surface area contributed by atoms with E-state index in [2.05, 4.69) is 10.3 Å². The molecule has 0 aliphatic rings. The van der Waals surface area contributed by atoms with Crippen LogP contribution >= 0.6 is 0 Å². The number of aromatic nitrogens is 1. The number of amides is 1. The van der Waals surface area contributed by atoms with Crippen LogP contribution in [0.15, 0.2) is 36.4 Å². The quantitative estimate of drug-likeness (QED) is 0.836. The number of rotatable bonds is 4. The number of hydrogen-bond donors (Lipinski definition) is 2. The molecule has 4 nitrogen and oxygen atoms in total.